The van der Waals surface area contributed by atoms with E-state index in [1.165, 1.54) is 36.8 Å². The Hall–Kier alpha value is -1.02. The van der Waals surface area contributed by atoms with E-state index in [4.69, 9.17) is 0 Å². The molecule has 0 saturated carbocycles. The van der Waals surface area contributed by atoms with Crippen LogP contribution in [0.5, 0.6) is 5.75 Å². The predicted octanol–water partition coefficient (Wildman–Crippen LogP) is 2.69. The highest BCUT2D eigenvalue weighted by Crippen LogP contribution is 2.48. The summed E-state index contributed by atoms with van der Waals surface area (Å²) in [6, 6.07) is 6.06. The van der Waals surface area contributed by atoms with Crippen LogP contribution in [0.15, 0.2) is 18.2 Å². The summed E-state index contributed by atoms with van der Waals surface area (Å²) in [6.07, 6.45) is 6.08. The average molecular weight is 231 g/mol. The molecule has 1 aliphatic carbocycles. The van der Waals surface area contributed by atoms with Gasteiger partial charge in [-0.1, -0.05) is 12.1 Å². The minimum atomic E-state index is 0.269. The number of aromatic hydroxyl groups is 1. The number of likely N-dealkylation sites (tertiary alicyclic amines) is 1. The Balaban J connectivity index is 2.04. The van der Waals surface area contributed by atoms with E-state index in [1.54, 1.807) is 0 Å². The Morgan fingerprint density at radius 2 is 1.94 bits per heavy atom. The maximum atomic E-state index is 10.2. The minimum Gasteiger partial charge on any atom is -0.508 e. The normalized spacial score (nSPS) is 23.6. The number of phenols is 1. The number of rotatable bonds is 0. The van der Waals surface area contributed by atoms with Crippen molar-refractivity contribution < 1.29 is 5.11 Å². The van der Waals surface area contributed by atoms with Crippen LogP contribution in [0.3, 0.4) is 0 Å². The van der Waals surface area contributed by atoms with Crippen LogP contribution >= 0.6 is 0 Å². The molecular weight excluding hydrogens is 210 g/mol. The molecule has 0 unspecified atom stereocenters. The summed E-state index contributed by atoms with van der Waals surface area (Å²) < 4.78 is 0. The van der Waals surface area contributed by atoms with Crippen LogP contribution in [-0.4, -0.2) is 30.1 Å². The molecule has 1 aliphatic heterocycles. The number of nitrogens with zero attached hydrogens (tertiary/aromatic N) is 1. The highest BCUT2D eigenvalue weighted by atomic mass is 16.3. The van der Waals surface area contributed by atoms with Gasteiger partial charge in [0, 0.05) is 11.0 Å². The van der Waals surface area contributed by atoms with Gasteiger partial charge in [0.1, 0.15) is 5.75 Å². The van der Waals surface area contributed by atoms with Gasteiger partial charge >= 0.3 is 0 Å². The molecule has 1 heterocycles. The summed E-state index contributed by atoms with van der Waals surface area (Å²) in [6.45, 7) is 2.32. The van der Waals surface area contributed by atoms with E-state index < -0.39 is 0 Å². The van der Waals surface area contributed by atoms with E-state index in [2.05, 4.69) is 18.0 Å². The van der Waals surface area contributed by atoms with E-state index in [0.29, 0.717) is 5.75 Å². The fraction of sp³-hybridized carbons (Fsp3) is 0.600. The van der Waals surface area contributed by atoms with Gasteiger partial charge < -0.3 is 10.0 Å². The number of aryl methyl sites for hydroxylation is 1. The molecule has 2 nitrogen and oxygen atoms in total. The molecule has 0 bridgehead atoms. The lowest BCUT2D eigenvalue weighted by Gasteiger charge is -2.44. The van der Waals surface area contributed by atoms with Crippen molar-refractivity contribution >= 4 is 0 Å². The largest absolute Gasteiger partial charge is 0.508 e. The third-order valence-corrected chi connectivity index (χ3v) is 4.70. The topological polar surface area (TPSA) is 23.5 Å². The zero-order valence-corrected chi connectivity index (χ0v) is 10.6. The number of hydrogen-bond acceptors (Lipinski definition) is 2. The van der Waals surface area contributed by atoms with Gasteiger partial charge in [-0.15, -0.1) is 0 Å². The zero-order chi connectivity index (χ0) is 11.9. The molecule has 1 fully saturated rings. The Bertz CT molecular complexity index is 419. The van der Waals surface area contributed by atoms with E-state index in [0.717, 1.165) is 19.5 Å². The van der Waals surface area contributed by atoms with E-state index in [9.17, 15) is 5.11 Å². The van der Waals surface area contributed by atoms with Gasteiger partial charge in [-0.05, 0) is 63.9 Å². The molecule has 17 heavy (non-hydrogen) atoms. The minimum absolute atomic E-state index is 0.269. The van der Waals surface area contributed by atoms with Crippen molar-refractivity contribution in [2.75, 3.05) is 20.1 Å². The standard InChI is InChI=1S/C15H21NO/c1-16-10-8-15(9-11-16)7-3-5-12-4-2-6-13(17)14(12)15/h2,4,6,17H,3,5,7-11H2,1H3. The SMILES string of the molecule is CN1CCC2(CCCc3cccc(O)c32)CC1. The highest BCUT2D eigenvalue weighted by Gasteiger charge is 2.40. The molecule has 1 N–H and O–H groups in total. The summed E-state index contributed by atoms with van der Waals surface area (Å²) in [5.41, 5.74) is 2.94. The molecule has 0 radical (unpaired) electrons. The van der Waals surface area contributed by atoms with Crippen LogP contribution in [0.2, 0.25) is 0 Å². The third kappa shape index (κ3) is 1.75. The number of fused-ring (bicyclic) bond motifs is 2. The maximum absolute atomic E-state index is 10.2. The van der Waals surface area contributed by atoms with Crippen molar-refractivity contribution in [1.29, 1.82) is 0 Å². The second kappa shape index (κ2) is 4.02. The summed E-state index contributed by atoms with van der Waals surface area (Å²) in [5.74, 6) is 0.534. The maximum Gasteiger partial charge on any atom is 0.119 e. The molecule has 0 aromatic heterocycles. The van der Waals surface area contributed by atoms with Gasteiger partial charge in [-0.25, -0.2) is 0 Å². The predicted molar refractivity (Wildman–Crippen MR) is 69.5 cm³/mol. The number of hydrogen-bond donors (Lipinski definition) is 1. The van der Waals surface area contributed by atoms with Gasteiger partial charge in [0.15, 0.2) is 0 Å². The van der Waals surface area contributed by atoms with Crippen molar-refractivity contribution in [2.24, 2.45) is 0 Å². The molecule has 1 aromatic carbocycles. The summed E-state index contributed by atoms with van der Waals surface area (Å²) >= 11 is 0. The molecule has 2 heteroatoms. The highest BCUT2D eigenvalue weighted by molar-refractivity contribution is 5.47. The van der Waals surface area contributed by atoms with E-state index >= 15 is 0 Å². The first-order valence-corrected chi connectivity index (χ1v) is 6.71. The van der Waals surface area contributed by atoms with Gasteiger partial charge in [0.05, 0.1) is 0 Å². The lowest BCUT2D eigenvalue weighted by Crippen LogP contribution is -2.42. The molecule has 3 rings (SSSR count). The fourth-order valence-electron chi connectivity index (χ4n) is 3.70. The van der Waals surface area contributed by atoms with Gasteiger partial charge in [-0.3, -0.25) is 0 Å². The fourth-order valence-corrected chi connectivity index (χ4v) is 3.70. The Morgan fingerprint density at radius 1 is 1.18 bits per heavy atom. The van der Waals surface area contributed by atoms with Crippen LogP contribution in [0.4, 0.5) is 0 Å². The number of piperidine rings is 1. The van der Waals surface area contributed by atoms with Crippen LogP contribution in [0.25, 0.3) is 0 Å². The third-order valence-electron chi connectivity index (χ3n) is 4.70. The molecule has 1 saturated heterocycles. The Kier molecular flexibility index (Phi) is 2.62. The second-order valence-corrected chi connectivity index (χ2v) is 5.75. The Morgan fingerprint density at radius 3 is 2.71 bits per heavy atom. The monoisotopic (exact) mass is 231 g/mol. The second-order valence-electron chi connectivity index (χ2n) is 5.75. The summed E-state index contributed by atoms with van der Waals surface area (Å²) in [7, 11) is 2.20. The molecule has 0 atom stereocenters. The van der Waals surface area contributed by atoms with Crippen molar-refractivity contribution in [2.45, 2.75) is 37.5 Å². The van der Waals surface area contributed by atoms with Gasteiger partial charge in [-0.2, -0.15) is 0 Å². The van der Waals surface area contributed by atoms with Crippen LogP contribution in [0, 0.1) is 0 Å². The van der Waals surface area contributed by atoms with E-state index in [1.807, 2.05) is 12.1 Å². The van der Waals surface area contributed by atoms with Gasteiger partial charge in [0.2, 0.25) is 0 Å². The van der Waals surface area contributed by atoms with Crippen molar-refractivity contribution in [3.8, 4) is 5.75 Å². The summed E-state index contributed by atoms with van der Waals surface area (Å²) in [5, 5.41) is 10.2. The number of phenolic OH excluding ortho intramolecular Hbond substituents is 1. The quantitative estimate of drug-likeness (QED) is 0.742. The molecule has 0 amide bonds. The molecule has 92 valence electrons. The lowest BCUT2D eigenvalue weighted by atomic mass is 9.64. The van der Waals surface area contributed by atoms with Crippen LogP contribution in [0.1, 0.15) is 36.8 Å². The van der Waals surface area contributed by atoms with Crippen molar-refractivity contribution in [1.82, 2.24) is 4.90 Å². The number of benzene rings is 1. The van der Waals surface area contributed by atoms with Crippen LogP contribution in [-0.2, 0) is 11.8 Å². The lowest BCUT2D eigenvalue weighted by molar-refractivity contribution is 0.166. The molecular formula is C15H21NO. The van der Waals surface area contributed by atoms with Gasteiger partial charge in [0.25, 0.3) is 0 Å². The molecule has 1 aromatic rings. The first-order chi connectivity index (χ1) is 8.21. The first kappa shape index (κ1) is 11.1. The molecule has 1 spiro atoms. The smallest absolute Gasteiger partial charge is 0.119 e. The van der Waals surface area contributed by atoms with E-state index in [-0.39, 0.29) is 5.41 Å². The average Bonchev–Trinajstić information content (AvgIpc) is 2.34. The molecule has 2 aliphatic rings. The zero-order valence-electron chi connectivity index (χ0n) is 10.6. The Labute approximate surface area is 103 Å². The van der Waals surface area contributed by atoms with Crippen molar-refractivity contribution in [3.63, 3.8) is 0 Å². The van der Waals surface area contributed by atoms with Crippen LogP contribution < -0.4 is 0 Å². The first-order valence-electron chi connectivity index (χ1n) is 6.71. The summed E-state index contributed by atoms with van der Waals surface area (Å²) in [4.78, 5) is 2.40. The van der Waals surface area contributed by atoms with Crippen molar-refractivity contribution in [3.05, 3.63) is 29.3 Å².